The van der Waals surface area contributed by atoms with Crippen LogP contribution in [0.5, 0.6) is 0 Å². The third-order valence-corrected chi connectivity index (χ3v) is 3.19. The first-order valence-corrected chi connectivity index (χ1v) is 6.57. The molecular weight excluding hydrogens is 226 g/mol. The minimum absolute atomic E-state index is 0.439. The van der Waals surface area contributed by atoms with Gasteiger partial charge >= 0.3 is 5.97 Å². The highest BCUT2D eigenvalue weighted by Crippen LogP contribution is 2.25. The number of nitrogens with zero attached hydrogens (tertiary/aromatic N) is 1. The van der Waals surface area contributed by atoms with Crippen molar-refractivity contribution in [1.29, 1.82) is 0 Å². The van der Waals surface area contributed by atoms with Crippen LogP contribution in [-0.4, -0.2) is 23.7 Å². The van der Waals surface area contributed by atoms with Gasteiger partial charge in [-0.2, -0.15) is 0 Å². The van der Waals surface area contributed by atoms with Gasteiger partial charge in [-0.15, -0.1) is 0 Å². The van der Waals surface area contributed by atoms with Crippen molar-refractivity contribution in [3.05, 3.63) is 29.3 Å². The Morgan fingerprint density at radius 3 is 2.50 bits per heavy atom. The van der Waals surface area contributed by atoms with Gasteiger partial charge in [0, 0.05) is 12.2 Å². The summed E-state index contributed by atoms with van der Waals surface area (Å²) in [4.78, 5) is 13.4. The molecule has 0 saturated heterocycles. The van der Waals surface area contributed by atoms with E-state index in [1.165, 1.54) is 0 Å². The normalized spacial score (nSPS) is 12.2. The van der Waals surface area contributed by atoms with Gasteiger partial charge in [0.25, 0.3) is 0 Å². The van der Waals surface area contributed by atoms with Crippen LogP contribution in [0, 0.1) is 13.8 Å². The van der Waals surface area contributed by atoms with E-state index >= 15 is 0 Å². The van der Waals surface area contributed by atoms with E-state index in [9.17, 15) is 9.90 Å². The van der Waals surface area contributed by atoms with Gasteiger partial charge in [0.1, 0.15) is 6.04 Å². The van der Waals surface area contributed by atoms with Crippen molar-refractivity contribution in [3.8, 4) is 0 Å². The third-order valence-electron chi connectivity index (χ3n) is 3.19. The first-order chi connectivity index (χ1) is 8.51. The summed E-state index contributed by atoms with van der Waals surface area (Å²) < 4.78 is 0. The van der Waals surface area contributed by atoms with Crippen LogP contribution in [0.2, 0.25) is 0 Å². The summed E-state index contributed by atoms with van der Waals surface area (Å²) in [5.74, 6) is -0.744. The molecular formula is C15H23NO2. The molecule has 3 heteroatoms. The van der Waals surface area contributed by atoms with E-state index in [1.807, 2.05) is 25.7 Å². The lowest BCUT2D eigenvalue weighted by atomic mass is 10.1. The highest BCUT2D eigenvalue weighted by molar-refractivity contribution is 5.78. The fourth-order valence-corrected chi connectivity index (χ4v) is 2.24. The van der Waals surface area contributed by atoms with Crippen molar-refractivity contribution in [3.63, 3.8) is 0 Å². The molecule has 1 unspecified atom stereocenters. The summed E-state index contributed by atoms with van der Waals surface area (Å²) >= 11 is 0. The number of aryl methyl sites for hydroxylation is 2. The van der Waals surface area contributed by atoms with E-state index in [1.54, 1.807) is 0 Å². The van der Waals surface area contributed by atoms with Crippen LogP contribution in [0.4, 0.5) is 5.69 Å². The fraction of sp³-hybridized carbons (Fsp3) is 0.533. The number of benzene rings is 1. The summed E-state index contributed by atoms with van der Waals surface area (Å²) in [6.45, 7) is 8.84. The third kappa shape index (κ3) is 3.25. The molecule has 0 radical (unpaired) electrons. The quantitative estimate of drug-likeness (QED) is 0.840. The molecule has 18 heavy (non-hydrogen) atoms. The van der Waals surface area contributed by atoms with Gasteiger partial charge in [0.2, 0.25) is 0 Å². The number of anilines is 1. The van der Waals surface area contributed by atoms with E-state index in [2.05, 4.69) is 25.1 Å². The van der Waals surface area contributed by atoms with Crippen LogP contribution in [0.1, 0.15) is 37.8 Å². The molecule has 3 nitrogen and oxygen atoms in total. The maximum atomic E-state index is 11.4. The summed E-state index contributed by atoms with van der Waals surface area (Å²) in [6, 6.07) is 5.76. The number of carboxylic acids is 1. The number of carbonyl (C=O) groups is 1. The highest BCUT2D eigenvalue weighted by Gasteiger charge is 2.24. The number of rotatable bonds is 6. The molecule has 0 aliphatic heterocycles. The van der Waals surface area contributed by atoms with Gasteiger partial charge in [-0.25, -0.2) is 4.79 Å². The summed E-state index contributed by atoms with van der Waals surface area (Å²) in [5.41, 5.74) is 3.34. The van der Waals surface area contributed by atoms with Gasteiger partial charge in [-0.1, -0.05) is 26.0 Å². The molecule has 0 aliphatic rings. The van der Waals surface area contributed by atoms with E-state index < -0.39 is 12.0 Å². The van der Waals surface area contributed by atoms with Crippen molar-refractivity contribution in [2.24, 2.45) is 0 Å². The molecule has 0 fully saturated rings. The number of carboxylic acid groups (broad SMARTS) is 1. The van der Waals surface area contributed by atoms with Crippen LogP contribution in [0.15, 0.2) is 18.2 Å². The molecule has 1 rings (SSSR count). The molecule has 0 heterocycles. The smallest absolute Gasteiger partial charge is 0.326 e. The van der Waals surface area contributed by atoms with Crippen LogP contribution in [0.25, 0.3) is 0 Å². The molecule has 0 aliphatic carbocycles. The van der Waals surface area contributed by atoms with E-state index in [4.69, 9.17) is 0 Å². The van der Waals surface area contributed by atoms with E-state index in [0.717, 1.165) is 29.8 Å². The predicted octanol–water partition coefficient (Wildman–Crippen LogP) is 3.38. The zero-order valence-corrected chi connectivity index (χ0v) is 11.7. The van der Waals surface area contributed by atoms with Gasteiger partial charge in [-0.3, -0.25) is 0 Å². The second-order valence-corrected chi connectivity index (χ2v) is 4.75. The lowest BCUT2D eigenvalue weighted by molar-refractivity contribution is -0.138. The zero-order valence-electron chi connectivity index (χ0n) is 11.7. The van der Waals surface area contributed by atoms with Gasteiger partial charge in [-0.05, 0) is 43.9 Å². The second-order valence-electron chi connectivity index (χ2n) is 4.75. The summed E-state index contributed by atoms with van der Waals surface area (Å²) in [7, 11) is 0. The minimum Gasteiger partial charge on any atom is -0.480 e. The summed E-state index contributed by atoms with van der Waals surface area (Å²) in [5, 5.41) is 9.35. The van der Waals surface area contributed by atoms with Gasteiger partial charge < -0.3 is 10.0 Å². The predicted molar refractivity (Wildman–Crippen MR) is 75.3 cm³/mol. The number of aliphatic carboxylic acids is 1. The van der Waals surface area contributed by atoms with E-state index in [-0.39, 0.29) is 0 Å². The largest absolute Gasteiger partial charge is 0.480 e. The highest BCUT2D eigenvalue weighted by atomic mass is 16.4. The Hall–Kier alpha value is -1.51. The Morgan fingerprint density at radius 2 is 2.00 bits per heavy atom. The summed E-state index contributed by atoms with van der Waals surface area (Å²) in [6.07, 6.45) is 1.56. The molecule has 0 saturated carbocycles. The van der Waals surface area contributed by atoms with Crippen molar-refractivity contribution in [1.82, 2.24) is 0 Å². The van der Waals surface area contributed by atoms with Crippen LogP contribution in [-0.2, 0) is 4.79 Å². The molecule has 1 aromatic carbocycles. The maximum absolute atomic E-state index is 11.4. The molecule has 1 aromatic rings. The maximum Gasteiger partial charge on any atom is 0.326 e. The Bertz CT molecular complexity index is 415. The molecule has 0 bridgehead atoms. The molecule has 0 aromatic heterocycles. The Balaban J connectivity index is 3.17. The second kappa shape index (κ2) is 6.43. The first-order valence-electron chi connectivity index (χ1n) is 6.57. The van der Waals surface area contributed by atoms with E-state index in [0.29, 0.717) is 6.42 Å². The lowest BCUT2D eigenvalue weighted by Gasteiger charge is -2.31. The zero-order chi connectivity index (χ0) is 13.7. The Kier molecular flexibility index (Phi) is 5.20. The average molecular weight is 249 g/mol. The Labute approximate surface area is 109 Å². The van der Waals surface area contributed by atoms with Crippen LogP contribution < -0.4 is 4.90 Å². The number of hydrogen-bond donors (Lipinski definition) is 1. The topological polar surface area (TPSA) is 40.5 Å². The molecule has 0 spiro atoms. The molecule has 1 atom stereocenters. The average Bonchev–Trinajstić information content (AvgIpc) is 2.32. The minimum atomic E-state index is -0.744. The lowest BCUT2D eigenvalue weighted by Crippen LogP contribution is -2.41. The SMILES string of the molecule is CCCN(c1cc(C)ccc1C)C(CC)C(=O)O. The Morgan fingerprint density at radius 1 is 1.33 bits per heavy atom. The number of hydrogen-bond acceptors (Lipinski definition) is 2. The first kappa shape index (κ1) is 14.6. The van der Waals surface area contributed by atoms with Crippen LogP contribution in [0.3, 0.4) is 0 Å². The standard InChI is InChI=1S/C15H23NO2/c1-5-9-16(13(6-2)15(17)18)14-10-11(3)7-8-12(14)4/h7-8,10,13H,5-6,9H2,1-4H3,(H,17,18). The van der Waals surface area contributed by atoms with Crippen molar-refractivity contribution >= 4 is 11.7 Å². The van der Waals surface area contributed by atoms with Crippen LogP contribution >= 0.6 is 0 Å². The molecule has 1 N–H and O–H groups in total. The fourth-order valence-electron chi connectivity index (χ4n) is 2.24. The molecule has 0 amide bonds. The monoisotopic (exact) mass is 249 g/mol. The molecule has 100 valence electrons. The van der Waals surface area contributed by atoms with Gasteiger partial charge in [0.15, 0.2) is 0 Å². The van der Waals surface area contributed by atoms with Crippen molar-refractivity contribution in [2.45, 2.75) is 46.6 Å². The van der Waals surface area contributed by atoms with Crippen molar-refractivity contribution < 1.29 is 9.90 Å². The van der Waals surface area contributed by atoms with Gasteiger partial charge in [0.05, 0.1) is 0 Å². The van der Waals surface area contributed by atoms with Crippen molar-refractivity contribution in [2.75, 3.05) is 11.4 Å².